The number of methoxy groups -OCH3 is 2. The molecule has 0 radical (unpaired) electrons. The maximum Gasteiger partial charge on any atom is 0.349 e. The van der Waals surface area contributed by atoms with Crippen molar-refractivity contribution in [3.8, 4) is 17.6 Å². The van der Waals surface area contributed by atoms with Crippen LogP contribution in [0.5, 0.6) is 11.5 Å². The van der Waals surface area contributed by atoms with Gasteiger partial charge in [0, 0.05) is 12.1 Å². The molecule has 0 bridgehead atoms. The van der Waals surface area contributed by atoms with E-state index in [2.05, 4.69) is 5.32 Å². The molecule has 0 saturated carbocycles. The molecule has 0 unspecified atom stereocenters. The molecule has 0 heterocycles. The molecular formula is C21H20N2O5. The fourth-order valence-corrected chi connectivity index (χ4v) is 2.34. The molecule has 1 amide bonds. The SMILES string of the molecule is COc1cccc(/C=C(\C#N)C(=O)OCC(=O)NCc2ccccc2OC)c1. The number of hydrogen-bond acceptors (Lipinski definition) is 6. The normalized spacial score (nSPS) is 10.5. The number of rotatable bonds is 8. The summed E-state index contributed by atoms with van der Waals surface area (Å²) >= 11 is 0. The Balaban J connectivity index is 1.91. The largest absolute Gasteiger partial charge is 0.497 e. The summed E-state index contributed by atoms with van der Waals surface area (Å²) in [7, 11) is 3.06. The van der Waals surface area contributed by atoms with Gasteiger partial charge in [-0.25, -0.2) is 4.79 Å². The molecule has 7 heteroatoms. The molecule has 2 aromatic rings. The van der Waals surface area contributed by atoms with Crippen LogP contribution in [0.2, 0.25) is 0 Å². The van der Waals surface area contributed by atoms with Crippen molar-refractivity contribution in [1.29, 1.82) is 5.26 Å². The number of carbonyl (C=O) groups is 2. The number of ether oxygens (including phenoxy) is 3. The second-order valence-corrected chi connectivity index (χ2v) is 5.61. The second kappa shape index (κ2) is 10.4. The summed E-state index contributed by atoms with van der Waals surface area (Å²) in [6.07, 6.45) is 1.37. The fourth-order valence-electron chi connectivity index (χ4n) is 2.34. The maximum absolute atomic E-state index is 12.1. The Morgan fingerprint density at radius 3 is 2.61 bits per heavy atom. The Morgan fingerprint density at radius 1 is 1.11 bits per heavy atom. The van der Waals surface area contributed by atoms with E-state index < -0.39 is 18.5 Å². The zero-order valence-corrected chi connectivity index (χ0v) is 15.6. The Kier molecular flexibility index (Phi) is 7.61. The van der Waals surface area contributed by atoms with Crippen molar-refractivity contribution in [2.75, 3.05) is 20.8 Å². The molecule has 1 N–H and O–H groups in total. The van der Waals surface area contributed by atoms with Crippen LogP contribution in [0.1, 0.15) is 11.1 Å². The summed E-state index contributed by atoms with van der Waals surface area (Å²) < 4.78 is 15.2. The van der Waals surface area contributed by atoms with E-state index in [-0.39, 0.29) is 12.1 Å². The lowest BCUT2D eigenvalue weighted by atomic mass is 10.1. The lowest BCUT2D eigenvalue weighted by molar-refractivity contribution is -0.144. The van der Waals surface area contributed by atoms with Crippen molar-refractivity contribution in [2.45, 2.75) is 6.54 Å². The summed E-state index contributed by atoms with van der Waals surface area (Å²) in [5.74, 6) is -0.126. The van der Waals surface area contributed by atoms with Crippen molar-refractivity contribution < 1.29 is 23.8 Å². The Bertz CT molecular complexity index is 915. The monoisotopic (exact) mass is 380 g/mol. The van der Waals surface area contributed by atoms with Gasteiger partial charge in [0.25, 0.3) is 5.91 Å². The van der Waals surface area contributed by atoms with Crippen LogP contribution in [0.25, 0.3) is 6.08 Å². The molecule has 2 aromatic carbocycles. The molecule has 7 nitrogen and oxygen atoms in total. The Labute approximate surface area is 163 Å². The fraction of sp³-hybridized carbons (Fsp3) is 0.190. The summed E-state index contributed by atoms with van der Waals surface area (Å²) in [4.78, 5) is 24.0. The number of nitrogens with zero attached hydrogens (tertiary/aromatic N) is 1. The molecule has 0 saturated heterocycles. The third-order valence-corrected chi connectivity index (χ3v) is 3.75. The highest BCUT2D eigenvalue weighted by molar-refractivity contribution is 5.98. The minimum atomic E-state index is -0.877. The molecule has 2 rings (SSSR count). The molecule has 0 spiro atoms. The van der Waals surface area contributed by atoms with E-state index in [1.165, 1.54) is 13.2 Å². The third kappa shape index (κ3) is 5.88. The standard InChI is InChI=1S/C21H20N2O5/c1-26-18-8-5-6-15(11-18)10-17(12-22)21(25)28-14-20(24)23-13-16-7-3-4-9-19(16)27-2/h3-11H,13-14H2,1-2H3,(H,23,24)/b17-10+. The van der Waals surface area contributed by atoms with Gasteiger partial charge >= 0.3 is 5.97 Å². The predicted octanol–water partition coefficient (Wildman–Crippen LogP) is 2.47. The van der Waals surface area contributed by atoms with Gasteiger partial charge in [-0.1, -0.05) is 30.3 Å². The number of nitriles is 1. The van der Waals surface area contributed by atoms with Gasteiger partial charge in [-0.05, 0) is 29.8 Å². The summed E-state index contributed by atoms with van der Waals surface area (Å²) in [5, 5.41) is 11.8. The van der Waals surface area contributed by atoms with Gasteiger partial charge in [-0.2, -0.15) is 5.26 Å². The first kappa shape index (κ1) is 20.5. The van der Waals surface area contributed by atoms with Crippen LogP contribution in [0.3, 0.4) is 0 Å². The first-order chi connectivity index (χ1) is 13.6. The average Bonchev–Trinajstić information content (AvgIpc) is 2.74. The number of esters is 1. The van der Waals surface area contributed by atoms with Crippen LogP contribution >= 0.6 is 0 Å². The van der Waals surface area contributed by atoms with E-state index in [1.807, 2.05) is 18.2 Å². The summed E-state index contributed by atoms with van der Waals surface area (Å²) in [6, 6.07) is 15.9. The van der Waals surface area contributed by atoms with Crippen LogP contribution < -0.4 is 14.8 Å². The molecule has 0 aliphatic rings. The molecule has 28 heavy (non-hydrogen) atoms. The lowest BCUT2D eigenvalue weighted by Gasteiger charge is -2.09. The van der Waals surface area contributed by atoms with Crippen molar-refractivity contribution in [3.05, 3.63) is 65.2 Å². The second-order valence-electron chi connectivity index (χ2n) is 5.61. The molecular weight excluding hydrogens is 360 g/mol. The summed E-state index contributed by atoms with van der Waals surface area (Å²) in [5.41, 5.74) is 1.18. The molecule has 0 aliphatic heterocycles. The van der Waals surface area contributed by atoms with Crippen LogP contribution in [0.4, 0.5) is 0 Å². The smallest absolute Gasteiger partial charge is 0.349 e. The highest BCUT2D eigenvalue weighted by Gasteiger charge is 2.13. The zero-order valence-electron chi connectivity index (χ0n) is 15.6. The molecule has 0 fully saturated rings. The number of carbonyl (C=O) groups excluding carboxylic acids is 2. The van der Waals surface area contributed by atoms with Gasteiger partial charge in [0.2, 0.25) is 0 Å². The van der Waals surface area contributed by atoms with Crippen molar-refractivity contribution in [1.82, 2.24) is 5.32 Å². The molecule has 0 aromatic heterocycles. The minimum absolute atomic E-state index is 0.217. The van der Waals surface area contributed by atoms with Gasteiger partial charge in [0.1, 0.15) is 23.1 Å². The average molecular weight is 380 g/mol. The van der Waals surface area contributed by atoms with E-state index in [0.717, 1.165) is 5.56 Å². The highest BCUT2D eigenvalue weighted by Crippen LogP contribution is 2.17. The minimum Gasteiger partial charge on any atom is -0.497 e. The van der Waals surface area contributed by atoms with Gasteiger partial charge in [0.15, 0.2) is 6.61 Å². The molecule has 0 aliphatic carbocycles. The third-order valence-electron chi connectivity index (χ3n) is 3.75. The van der Waals surface area contributed by atoms with Crippen LogP contribution in [0.15, 0.2) is 54.1 Å². The van der Waals surface area contributed by atoms with E-state index >= 15 is 0 Å². The first-order valence-corrected chi connectivity index (χ1v) is 8.39. The van der Waals surface area contributed by atoms with Gasteiger partial charge in [-0.3, -0.25) is 4.79 Å². The van der Waals surface area contributed by atoms with E-state index in [0.29, 0.717) is 17.1 Å². The number of benzene rings is 2. The number of para-hydroxylation sites is 1. The lowest BCUT2D eigenvalue weighted by Crippen LogP contribution is -2.28. The Morgan fingerprint density at radius 2 is 1.89 bits per heavy atom. The van der Waals surface area contributed by atoms with Crippen LogP contribution in [-0.4, -0.2) is 32.7 Å². The van der Waals surface area contributed by atoms with Crippen molar-refractivity contribution in [3.63, 3.8) is 0 Å². The van der Waals surface area contributed by atoms with Gasteiger partial charge in [-0.15, -0.1) is 0 Å². The topological polar surface area (TPSA) is 97.6 Å². The van der Waals surface area contributed by atoms with Crippen LogP contribution in [-0.2, 0) is 20.9 Å². The summed E-state index contributed by atoms with van der Waals surface area (Å²) in [6.45, 7) is -0.268. The molecule has 0 atom stereocenters. The maximum atomic E-state index is 12.1. The number of nitrogens with one attached hydrogen (secondary N) is 1. The predicted molar refractivity (Wildman–Crippen MR) is 102 cm³/mol. The zero-order chi connectivity index (χ0) is 20.4. The number of hydrogen-bond donors (Lipinski definition) is 1. The Hall–Kier alpha value is -3.79. The van der Waals surface area contributed by atoms with E-state index in [1.54, 1.807) is 43.5 Å². The highest BCUT2D eigenvalue weighted by atomic mass is 16.5. The first-order valence-electron chi connectivity index (χ1n) is 8.39. The van der Waals surface area contributed by atoms with E-state index in [4.69, 9.17) is 14.2 Å². The molecule has 144 valence electrons. The number of amides is 1. The quantitative estimate of drug-likeness (QED) is 0.429. The van der Waals surface area contributed by atoms with Gasteiger partial charge < -0.3 is 19.5 Å². The van der Waals surface area contributed by atoms with Crippen molar-refractivity contribution in [2.24, 2.45) is 0 Å². The van der Waals surface area contributed by atoms with Gasteiger partial charge in [0.05, 0.1) is 14.2 Å². The van der Waals surface area contributed by atoms with Crippen molar-refractivity contribution >= 4 is 18.0 Å². The van der Waals surface area contributed by atoms with E-state index in [9.17, 15) is 14.9 Å². The van der Waals surface area contributed by atoms with Crippen LogP contribution in [0, 0.1) is 11.3 Å².